The SMILES string of the molecule is COc1ncc(F)cc1-c1nc2c(c(NCCc3c[nH]c4ccccc34)n1)OCCN2. The number of fused-ring (bicyclic) bond motifs is 2. The lowest BCUT2D eigenvalue weighted by atomic mass is 10.1. The number of nitrogens with zero attached hydrogens (tertiary/aromatic N) is 3. The second-order valence-electron chi connectivity index (χ2n) is 7.10. The van der Waals surface area contributed by atoms with Gasteiger partial charge in [-0.05, 0) is 24.1 Å². The zero-order valence-electron chi connectivity index (χ0n) is 16.9. The topological polar surface area (TPSA) is 97.0 Å². The van der Waals surface area contributed by atoms with Crippen molar-refractivity contribution >= 4 is 22.5 Å². The molecule has 0 saturated carbocycles. The van der Waals surface area contributed by atoms with Crippen LogP contribution < -0.4 is 20.1 Å². The second-order valence-corrected chi connectivity index (χ2v) is 7.10. The molecule has 0 spiro atoms. The minimum atomic E-state index is -0.491. The van der Waals surface area contributed by atoms with Gasteiger partial charge in [0.15, 0.2) is 17.5 Å². The van der Waals surface area contributed by atoms with E-state index < -0.39 is 5.82 Å². The molecule has 1 aliphatic rings. The quantitative estimate of drug-likeness (QED) is 0.438. The Bertz CT molecular complexity index is 1240. The summed E-state index contributed by atoms with van der Waals surface area (Å²) in [5.41, 5.74) is 2.69. The fourth-order valence-corrected chi connectivity index (χ4v) is 3.67. The van der Waals surface area contributed by atoms with Crippen LogP contribution in [0.5, 0.6) is 11.6 Å². The van der Waals surface area contributed by atoms with Crippen LogP contribution in [0.25, 0.3) is 22.3 Å². The van der Waals surface area contributed by atoms with E-state index in [9.17, 15) is 4.39 Å². The van der Waals surface area contributed by atoms with Crippen LogP contribution in [0.15, 0.2) is 42.7 Å². The number of aromatic nitrogens is 4. The highest BCUT2D eigenvalue weighted by molar-refractivity contribution is 5.83. The monoisotopic (exact) mass is 420 g/mol. The standard InChI is InChI=1S/C22H21FN6O2/c1-30-22-16(10-14(23)12-27-22)19-28-20(18-21(29-19)25-8-9-31-18)24-7-6-13-11-26-17-5-3-2-4-15(13)17/h2-5,10-12,26H,6-9H2,1H3,(H2,24,25,28,29). The summed E-state index contributed by atoms with van der Waals surface area (Å²) in [5, 5.41) is 7.77. The maximum atomic E-state index is 13.9. The lowest BCUT2D eigenvalue weighted by Crippen LogP contribution is -2.22. The smallest absolute Gasteiger partial charge is 0.224 e. The lowest BCUT2D eigenvalue weighted by Gasteiger charge is -2.22. The highest BCUT2D eigenvalue weighted by Gasteiger charge is 2.22. The first-order valence-corrected chi connectivity index (χ1v) is 10.0. The van der Waals surface area contributed by atoms with Gasteiger partial charge in [0.1, 0.15) is 12.4 Å². The van der Waals surface area contributed by atoms with Gasteiger partial charge in [-0.3, -0.25) is 0 Å². The molecule has 31 heavy (non-hydrogen) atoms. The number of H-pyrrole nitrogens is 1. The van der Waals surface area contributed by atoms with Crippen molar-refractivity contribution in [2.75, 3.05) is 37.4 Å². The Hall–Kier alpha value is -3.88. The van der Waals surface area contributed by atoms with E-state index in [0.717, 1.165) is 18.1 Å². The molecule has 3 aromatic heterocycles. The molecule has 5 rings (SSSR count). The van der Waals surface area contributed by atoms with Gasteiger partial charge in [0.05, 0.1) is 25.4 Å². The Labute approximate surface area is 177 Å². The van der Waals surface area contributed by atoms with Gasteiger partial charge in [-0.25, -0.2) is 19.3 Å². The number of benzene rings is 1. The summed E-state index contributed by atoms with van der Waals surface area (Å²) in [7, 11) is 1.48. The molecule has 3 N–H and O–H groups in total. The van der Waals surface area contributed by atoms with Crippen LogP contribution in [0.4, 0.5) is 16.0 Å². The Morgan fingerprint density at radius 3 is 3.06 bits per heavy atom. The van der Waals surface area contributed by atoms with Crippen molar-refractivity contribution in [3.63, 3.8) is 0 Å². The summed E-state index contributed by atoms with van der Waals surface area (Å²) in [4.78, 5) is 16.4. The molecule has 4 heterocycles. The third-order valence-electron chi connectivity index (χ3n) is 5.12. The molecule has 0 saturated heterocycles. The van der Waals surface area contributed by atoms with Crippen molar-refractivity contribution in [2.24, 2.45) is 0 Å². The fraction of sp³-hybridized carbons (Fsp3) is 0.227. The predicted molar refractivity (Wildman–Crippen MR) is 116 cm³/mol. The van der Waals surface area contributed by atoms with Crippen molar-refractivity contribution in [1.82, 2.24) is 19.9 Å². The van der Waals surface area contributed by atoms with E-state index in [4.69, 9.17) is 9.47 Å². The molecule has 0 bridgehead atoms. The molecule has 0 fully saturated rings. The zero-order valence-corrected chi connectivity index (χ0v) is 16.9. The van der Waals surface area contributed by atoms with E-state index in [1.165, 1.54) is 24.1 Å². The third kappa shape index (κ3) is 3.70. The first kappa shape index (κ1) is 19.1. The van der Waals surface area contributed by atoms with E-state index >= 15 is 0 Å². The van der Waals surface area contributed by atoms with Crippen molar-refractivity contribution in [2.45, 2.75) is 6.42 Å². The number of nitrogens with one attached hydrogen (secondary N) is 3. The Balaban J connectivity index is 1.45. The van der Waals surface area contributed by atoms with Crippen LogP contribution in [-0.4, -0.2) is 46.7 Å². The first-order valence-electron chi connectivity index (χ1n) is 10.0. The Kier molecular flexibility index (Phi) is 4.99. The van der Waals surface area contributed by atoms with Crippen molar-refractivity contribution < 1.29 is 13.9 Å². The van der Waals surface area contributed by atoms with Crippen LogP contribution in [0.3, 0.4) is 0 Å². The minimum Gasteiger partial charge on any atom is -0.485 e. The molecule has 1 aliphatic heterocycles. The number of pyridine rings is 1. The van der Waals surface area contributed by atoms with Gasteiger partial charge < -0.3 is 25.1 Å². The number of aromatic amines is 1. The predicted octanol–water partition coefficient (Wildman–Crippen LogP) is 3.63. The molecule has 0 aliphatic carbocycles. The fourth-order valence-electron chi connectivity index (χ4n) is 3.67. The molecule has 9 heteroatoms. The maximum Gasteiger partial charge on any atom is 0.224 e. The highest BCUT2D eigenvalue weighted by Crippen LogP contribution is 2.36. The van der Waals surface area contributed by atoms with Gasteiger partial charge in [-0.15, -0.1) is 0 Å². The summed E-state index contributed by atoms with van der Waals surface area (Å²) in [6, 6.07) is 9.50. The summed E-state index contributed by atoms with van der Waals surface area (Å²) in [6.07, 6.45) is 3.91. The summed E-state index contributed by atoms with van der Waals surface area (Å²) in [6.45, 7) is 1.76. The largest absolute Gasteiger partial charge is 0.485 e. The number of rotatable bonds is 6. The van der Waals surface area contributed by atoms with Crippen LogP contribution in [-0.2, 0) is 6.42 Å². The molecule has 0 radical (unpaired) electrons. The van der Waals surface area contributed by atoms with Gasteiger partial charge in [-0.1, -0.05) is 18.2 Å². The van der Waals surface area contributed by atoms with Crippen LogP contribution in [0.1, 0.15) is 5.56 Å². The third-order valence-corrected chi connectivity index (χ3v) is 5.12. The second kappa shape index (κ2) is 8.10. The molecule has 158 valence electrons. The summed E-state index contributed by atoms with van der Waals surface area (Å²) < 4.78 is 24.9. The van der Waals surface area contributed by atoms with Crippen LogP contribution >= 0.6 is 0 Å². The number of hydrogen-bond acceptors (Lipinski definition) is 7. The average Bonchev–Trinajstić information content (AvgIpc) is 3.22. The number of para-hydroxylation sites is 1. The van der Waals surface area contributed by atoms with E-state index in [-0.39, 0.29) is 5.88 Å². The number of ether oxygens (including phenoxy) is 2. The molecule has 8 nitrogen and oxygen atoms in total. The van der Waals surface area contributed by atoms with Crippen LogP contribution in [0.2, 0.25) is 0 Å². The van der Waals surface area contributed by atoms with E-state index in [1.807, 2.05) is 18.3 Å². The Morgan fingerprint density at radius 1 is 1.26 bits per heavy atom. The van der Waals surface area contributed by atoms with Crippen LogP contribution in [0, 0.1) is 5.82 Å². The van der Waals surface area contributed by atoms with Gasteiger partial charge >= 0.3 is 0 Å². The van der Waals surface area contributed by atoms with E-state index in [2.05, 4.69) is 42.7 Å². The highest BCUT2D eigenvalue weighted by atomic mass is 19.1. The number of methoxy groups -OCH3 is 1. The molecule has 1 aromatic carbocycles. The molecule has 0 atom stereocenters. The van der Waals surface area contributed by atoms with Gasteiger partial charge in [0.2, 0.25) is 11.6 Å². The lowest BCUT2D eigenvalue weighted by molar-refractivity contribution is 0.321. The molecular formula is C22H21FN6O2. The Morgan fingerprint density at radius 2 is 2.16 bits per heavy atom. The average molecular weight is 420 g/mol. The molecule has 0 unspecified atom stereocenters. The van der Waals surface area contributed by atoms with E-state index in [1.54, 1.807) is 0 Å². The first-order chi connectivity index (χ1) is 15.2. The van der Waals surface area contributed by atoms with Gasteiger partial charge in [-0.2, -0.15) is 0 Å². The van der Waals surface area contributed by atoms with Crippen molar-refractivity contribution in [3.05, 3.63) is 54.1 Å². The zero-order chi connectivity index (χ0) is 21.2. The van der Waals surface area contributed by atoms with Crippen molar-refractivity contribution in [3.8, 4) is 23.0 Å². The molecule has 4 aromatic rings. The number of halogens is 1. The number of hydrogen-bond donors (Lipinski definition) is 3. The molecular weight excluding hydrogens is 399 g/mol. The molecule has 0 amide bonds. The minimum absolute atomic E-state index is 0.253. The summed E-state index contributed by atoms with van der Waals surface area (Å²) in [5.74, 6) is 1.71. The van der Waals surface area contributed by atoms with Crippen molar-refractivity contribution in [1.29, 1.82) is 0 Å². The van der Waals surface area contributed by atoms with E-state index in [0.29, 0.717) is 48.5 Å². The van der Waals surface area contributed by atoms with Gasteiger partial charge in [0.25, 0.3) is 0 Å². The summed E-state index contributed by atoms with van der Waals surface area (Å²) >= 11 is 0. The van der Waals surface area contributed by atoms with Gasteiger partial charge in [0, 0.05) is 23.6 Å². The normalized spacial score (nSPS) is 12.7. The number of anilines is 2. The maximum absolute atomic E-state index is 13.9.